The van der Waals surface area contributed by atoms with Gasteiger partial charge in [-0.3, -0.25) is 4.79 Å². The van der Waals surface area contributed by atoms with E-state index in [-0.39, 0.29) is 17.3 Å². The number of hydrogen-bond acceptors (Lipinski definition) is 5. The lowest BCUT2D eigenvalue weighted by Crippen LogP contribution is -3.10. The highest BCUT2D eigenvalue weighted by Crippen LogP contribution is 2.40. The first kappa shape index (κ1) is 19.8. The molecule has 0 saturated heterocycles. The van der Waals surface area contributed by atoms with Gasteiger partial charge in [0.1, 0.15) is 12.3 Å². The third-order valence-electron chi connectivity index (χ3n) is 5.06. The van der Waals surface area contributed by atoms with Gasteiger partial charge in [-0.1, -0.05) is 12.1 Å². The zero-order valence-electron chi connectivity index (χ0n) is 16.7. The second-order valence-electron chi connectivity index (χ2n) is 6.60. The number of fused-ring (bicyclic) bond motifs is 1. The summed E-state index contributed by atoms with van der Waals surface area (Å²) in [4.78, 5) is 14.2. The molecule has 2 N–H and O–H groups in total. The Bertz CT molecular complexity index is 915. The SMILES string of the molecule is CC[NH+](CC)Cc1c(O)ccc2c1OC(=Cc1cccc(OC)c1OC)C2=O. The molecule has 148 valence electrons. The van der Waals surface area contributed by atoms with E-state index in [1.54, 1.807) is 38.5 Å². The number of aromatic hydroxyl groups is 1. The molecule has 28 heavy (non-hydrogen) atoms. The summed E-state index contributed by atoms with van der Waals surface area (Å²) < 4.78 is 16.7. The number of benzene rings is 2. The van der Waals surface area contributed by atoms with Crippen LogP contribution < -0.4 is 19.1 Å². The minimum absolute atomic E-state index is 0.145. The summed E-state index contributed by atoms with van der Waals surface area (Å²) in [6, 6.07) is 8.61. The molecule has 0 aliphatic carbocycles. The van der Waals surface area contributed by atoms with Crippen LogP contribution in [0.15, 0.2) is 36.1 Å². The van der Waals surface area contributed by atoms with E-state index in [0.717, 1.165) is 13.1 Å². The summed E-state index contributed by atoms with van der Waals surface area (Å²) in [5, 5.41) is 10.4. The third-order valence-corrected chi connectivity index (χ3v) is 5.06. The van der Waals surface area contributed by atoms with E-state index in [9.17, 15) is 9.90 Å². The lowest BCUT2D eigenvalue weighted by molar-refractivity contribution is -0.910. The van der Waals surface area contributed by atoms with Crippen LogP contribution >= 0.6 is 0 Å². The van der Waals surface area contributed by atoms with Gasteiger partial charge in [-0.2, -0.15) is 0 Å². The van der Waals surface area contributed by atoms with Crippen LogP contribution in [0, 0.1) is 0 Å². The maximum Gasteiger partial charge on any atom is 0.231 e. The largest absolute Gasteiger partial charge is 0.507 e. The van der Waals surface area contributed by atoms with Crippen molar-refractivity contribution in [3.63, 3.8) is 0 Å². The number of carbonyl (C=O) groups is 1. The van der Waals surface area contributed by atoms with Crippen LogP contribution in [0.1, 0.15) is 35.3 Å². The van der Waals surface area contributed by atoms with Gasteiger partial charge in [-0.05, 0) is 38.1 Å². The molecule has 0 atom stereocenters. The van der Waals surface area contributed by atoms with Gasteiger partial charge >= 0.3 is 0 Å². The zero-order valence-corrected chi connectivity index (χ0v) is 16.7. The van der Waals surface area contributed by atoms with Crippen molar-refractivity contribution in [2.45, 2.75) is 20.4 Å². The van der Waals surface area contributed by atoms with E-state index >= 15 is 0 Å². The Morgan fingerprint density at radius 1 is 1.11 bits per heavy atom. The first-order valence-corrected chi connectivity index (χ1v) is 9.37. The fourth-order valence-corrected chi connectivity index (χ4v) is 3.38. The van der Waals surface area contributed by atoms with Crippen LogP contribution in [0.4, 0.5) is 0 Å². The van der Waals surface area contributed by atoms with Crippen LogP contribution in [0.3, 0.4) is 0 Å². The maximum atomic E-state index is 12.9. The number of hydrogen-bond donors (Lipinski definition) is 2. The molecule has 0 spiro atoms. The van der Waals surface area contributed by atoms with Crippen molar-refractivity contribution in [2.24, 2.45) is 0 Å². The molecule has 0 radical (unpaired) electrons. The number of allylic oxidation sites excluding steroid dienone is 1. The highest BCUT2D eigenvalue weighted by molar-refractivity contribution is 6.15. The van der Waals surface area contributed by atoms with Gasteiger partial charge < -0.3 is 24.2 Å². The molecule has 0 aromatic heterocycles. The number of carbonyl (C=O) groups excluding carboxylic acids is 1. The summed E-state index contributed by atoms with van der Waals surface area (Å²) in [5.74, 6) is 1.67. The van der Waals surface area contributed by atoms with Gasteiger partial charge in [0.25, 0.3) is 0 Å². The van der Waals surface area contributed by atoms with Gasteiger partial charge in [0, 0.05) is 5.56 Å². The smallest absolute Gasteiger partial charge is 0.231 e. The second-order valence-corrected chi connectivity index (χ2v) is 6.60. The monoisotopic (exact) mass is 384 g/mol. The molecule has 1 aliphatic rings. The van der Waals surface area contributed by atoms with Gasteiger partial charge in [0.15, 0.2) is 23.0 Å². The average Bonchev–Trinajstić information content (AvgIpc) is 3.02. The summed E-state index contributed by atoms with van der Waals surface area (Å²) in [5.41, 5.74) is 1.80. The fraction of sp³-hybridized carbons (Fsp3) is 0.318. The molecule has 0 amide bonds. The Kier molecular flexibility index (Phi) is 5.90. The third kappa shape index (κ3) is 3.55. The number of quaternary nitrogens is 1. The number of ketones is 1. The van der Waals surface area contributed by atoms with E-state index in [4.69, 9.17) is 14.2 Å². The van der Waals surface area contributed by atoms with Crippen LogP contribution in [0.2, 0.25) is 0 Å². The number of Topliss-reactive ketones (excluding diaryl/α,β-unsaturated/α-hetero) is 1. The first-order valence-electron chi connectivity index (χ1n) is 9.37. The predicted molar refractivity (Wildman–Crippen MR) is 106 cm³/mol. The van der Waals surface area contributed by atoms with E-state index in [0.29, 0.717) is 40.5 Å². The molecule has 3 rings (SSSR count). The molecule has 0 saturated carbocycles. The number of ether oxygens (including phenoxy) is 3. The Morgan fingerprint density at radius 2 is 1.86 bits per heavy atom. The summed E-state index contributed by atoms with van der Waals surface area (Å²) in [6.45, 7) is 6.59. The number of nitrogens with one attached hydrogen (secondary N) is 1. The fourth-order valence-electron chi connectivity index (χ4n) is 3.38. The molecule has 2 aromatic rings. The highest BCUT2D eigenvalue weighted by Gasteiger charge is 2.32. The van der Waals surface area contributed by atoms with Gasteiger partial charge in [0.05, 0.1) is 38.4 Å². The Hall–Kier alpha value is -2.99. The number of rotatable bonds is 7. The topological polar surface area (TPSA) is 69.4 Å². The number of phenolic OH excluding ortho intramolecular Hbond substituents is 1. The summed E-state index contributed by atoms with van der Waals surface area (Å²) >= 11 is 0. The predicted octanol–water partition coefficient (Wildman–Crippen LogP) is 2.45. The zero-order chi connectivity index (χ0) is 20.3. The highest BCUT2D eigenvalue weighted by atomic mass is 16.5. The van der Waals surface area contributed by atoms with Gasteiger partial charge in [0.2, 0.25) is 5.78 Å². The quantitative estimate of drug-likeness (QED) is 0.718. The van der Waals surface area contributed by atoms with Crippen molar-refractivity contribution >= 4 is 11.9 Å². The second kappa shape index (κ2) is 8.35. The van der Waals surface area contributed by atoms with Crippen molar-refractivity contribution in [3.05, 3.63) is 52.8 Å². The van der Waals surface area contributed by atoms with E-state index < -0.39 is 0 Å². The van der Waals surface area contributed by atoms with Crippen LogP contribution in [0.25, 0.3) is 6.08 Å². The molecule has 2 aromatic carbocycles. The Balaban J connectivity index is 2.02. The number of para-hydroxylation sites is 1. The van der Waals surface area contributed by atoms with Crippen molar-refractivity contribution in [3.8, 4) is 23.0 Å². The van der Waals surface area contributed by atoms with Gasteiger partial charge in [-0.15, -0.1) is 0 Å². The molecule has 1 heterocycles. The molecular weight excluding hydrogens is 358 g/mol. The summed E-state index contributed by atoms with van der Waals surface area (Å²) in [7, 11) is 3.11. The lowest BCUT2D eigenvalue weighted by atomic mass is 10.0. The van der Waals surface area contributed by atoms with E-state index in [1.165, 1.54) is 4.90 Å². The van der Waals surface area contributed by atoms with E-state index in [2.05, 4.69) is 13.8 Å². The minimum Gasteiger partial charge on any atom is -0.507 e. The van der Waals surface area contributed by atoms with E-state index in [1.807, 2.05) is 12.1 Å². The molecular formula is C22H26NO5+. The van der Waals surface area contributed by atoms with Crippen LogP contribution in [-0.2, 0) is 6.54 Å². The molecule has 6 nitrogen and oxygen atoms in total. The number of methoxy groups -OCH3 is 2. The van der Waals surface area contributed by atoms with Crippen molar-refractivity contribution in [2.75, 3.05) is 27.3 Å². The van der Waals surface area contributed by atoms with Crippen molar-refractivity contribution in [1.82, 2.24) is 0 Å². The normalized spacial score (nSPS) is 14.3. The van der Waals surface area contributed by atoms with Gasteiger partial charge in [-0.25, -0.2) is 0 Å². The lowest BCUT2D eigenvalue weighted by Gasteiger charge is -2.17. The maximum absolute atomic E-state index is 12.9. The molecule has 6 heteroatoms. The molecule has 0 unspecified atom stereocenters. The Labute approximate surface area is 164 Å². The standard InChI is InChI=1S/C22H25NO5/c1-5-23(6-2)13-16-17(24)11-10-15-20(25)19(28-22(15)16)12-14-8-7-9-18(26-3)21(14)27-4/h7-12,24H,5-6,13H2,1-4H3/p+1. The molecule has 0 fully saturated rings. The number of phenols is 1. The first-order chi connectivity index (χ1) is 13.5. The average molecular weight is 384 g/mol. The van der Waals surface area contributed by atoms with Crippen molar-refractivity contribution < 1.29 is 29.0 Å². The van der Waals surface area contributed by atoms with Crippen LogP contribution in [0.5, 0.6) is 23.0 Å². The minimum atomic E-state index is -0.212. The molecule has 1 aliphatic heterocycles. The summed E-state index contributed by atoms with van der Waals surface area (Å²) in [6.07, 6.45) is 1.65. The van der Waals surface area contributed by atoms with Crippen molar-refractivity contribution in [1.29, 1.82) is 0 Å². The van der Waals surface area contributed by atoms with Crippen LogP contribution in [-0.4, -0.2) is 38.2 Å². The Morgan fingerprint density at radius 3 is 2.50 bits per heavy atom. The molecule has 0 bridgehead atoms.